The van der Waals surface area contributed by atoms with Crippen molar-refractivity contribution in [2.45, 2.75) is 155 Å². The zero-order valence-corrected chi connectivity index (χ0v) is 42.9. The van der Waals surface area contributed by atoms with E-state index in [2.05, 4.69) is 5.32 Å². The monoisotopic (exact) mass is 1030 g/mol. The first-order valence-electron chi connectivity index (χ1n) is 23.8. The van der Waals surface area contributed by atoms with Crippen molar-refractivity contribution in [2.75, 3.05) is 93.9 Å². The van der Waals surface area contributed by atoms with Gasteiger partial charge in [-0.3, -0.25) is 33.7 Å². The normalized spacial score (nSPS) is 15.3. The third-order valence-corrected chi connectivity index (χ3v) is 9.48. The first kappa shape index (κ1) is 71.5. The fourth-order valence-electron chi connectivity index (χ4n) is 5.11. The van der Waals surface area contributed by atoms with Gasteiger partial charge in [-0.2, -0.15) is 0 Å². The molecule has 8 N–H and O–H groups in total. The molecule has 0 aliphatic carbocycles. The second kappa shape index (κ2) is 48.5. The number of imide groups is 1. The van der Waals surface area contributed by atoms with E-state index in [-0.39, 0.29) is 122 Å². The van der Waals surface area contributed by atoms with Crippen LogP contribution in [0.2, 0.25) is 0 Å². The van der Waals surface area contributed by atoms with Gasteiger partial charge in [-0.05, 0) is 44.9 Å². The number of aliphatic hydroxyl groups is 6. The van der Waals surface area contributed by atoms with Crippen molar-refractivity contribution in [1.82, 2.24) is 10.2 Å². The van der Waals surface area contributed by atoms with Crippen LogP contribution in [0.5, 0.6) is 0 Å². The fourth-order valence-corrected chi connectivity index (χ4v) is 5.11. The number of nitrogens with one attached hydrogen (secondary N) is 1. The number of amides is 3. The van der Waals surface area contributed by atoms with Gasteiger partial charge in [-0.25, -0.2) is 0 Å². The number of ether oxygens (including phenoxy) is 10. The highest BCUT2D eigenvalue weighted by molar-refractivity contribution is 6.12. The molecule has 0 spiro atoms. The van der Waals surface area contributed by atoms with Gasteiger partial charge in [0.25, 0.3) is 11.8 Å². The molecule has 71 heavy (non-hydrogen) atoms. The Bertz CT molecular complexity index is 1350. The third-order valence-electron chi connectivity index (χ3n) is 9.48. The lowest BCUT2D eigenvalue weighted by Gasteiger charge is -2.21. The molecular formula is C46H86N2O23. The SMILES string of the molecule is CCC(CO)OC(CO)OC.CCC(CO)OC(COC(=O)CCCC(=O)NCCN1C(=O)C=CC1=O)OC.CCC(CO)OC(COC(=O)CCCC(=O)O)OC.CCCOC(CO)OC(CC)CO. The number of carbonyl (C=O) groups excluding carboxylic acids is 5. The molecule has 25 heteroatoms. The molecule has 0 aromatic heterocycles. The molecule has 1 aliphatic heterocycles. The molecule has 1 heterocycles. The molecule has 0 fully saturated rings. The van der Waals surface area contributed by atoms with Crippen LogP contribution in [-0.2, 0) is 76.1 Å². The first-order valence-corrected chi connectivity index (χ1v) is 23.8. The largest absolute Gasteiger partial charge is 0.481 e. The fraction of sp³-hybridized carbons (Fsp3) is 0.826. The lowest BCUT2D eigenvalue weighted by atomic mass is 10.2. The standard InChI is InChI=1S/C18H28N2O8.C12H22O7.C9H20O4.C7H16O4/c1-3-13(11-21)28-18(26-2)12-27-17(25)6-4-5-14(22)19-9-10-20-15(23)7-8-16(20)24;1-3-9(7-13)19-12(17-2)8-18-11(16)6-4-5-10(14)15;1-3-5-12-9(7-11)13-8(4-2)6-10;1-3-6(4-8)11-7(5-9)10-2/h7-8,13,18,21H,3-6,9-12H2,1-2H3,(H,19,22);9,12-13H,3-8H2,1-2H3,(H,14,15);8-11H,3-7H2,1-2H3;6-9H,3-5H2,1-2H3. The van der Waals surface area contributed by atoms with Crippen LogP contribution in [0.15, 0.2) is 12.2 Å². The molecule has 25 nitrogen and oxygen atoms in total. The molecule has 0 bridgehead atoms. The van der Waals surface area contributed by atoms with Gasteiger partial charge in [0, 0.05) is 78.9 Å². The third kappa shape index (κ3) is 39.4. The summed E-state index contributed by atoms with van der Waals surface area (Å²) in [5, 5.41) is 64.1. The molecule has 418 valence electrons. The van der Waals surface area contributed by atoms with Crippen LogP contribution in [0.1, 0.15) is 105 Å². The summed E-state index contributed by atoms with van der Waals surface area (Å²) in [6, 6.07) is 0. The van der Waals surface area contributed by atoms with Gasteiger partial charge < -0.3 is 88.4 Å². The zero-order chi connectivity index (χ0) is 54.4. The van der Waals surface area contributed by atoms with Crippen LogP contribution in [0.25, 0.3) is 0 Å². The van der Waals surface area contributed by atoms with E-state index >= 15 is 0 Å². The summed E-state index contributed by atoms with van der Waals surface area (Å²) in [6.45, 7) is 9.38. The smallest absolute Gasteiger partial charge is 0.305 e. The van der Waals surface area contributed by atoms with Gasteiger partial charge in [0.05, 0.1) is 64.1 Å². The molecule has 0 aromatic rings. The number of aliphatic carboxylic acids is 1. The van der Waals surface area contributed by atoms with E-state index in [1.807, 2.05) is 34.6 Å². The Morgan fingerprint density at radius 3 is 1.27 bits per heavy atom. The van der Waals surface area contributed by atoms with Crippen molar-refractivity contribution in [3.63, 3.8) is 0 Å². The van der Waals surface area contributed by atoms with Gasteiger partial charge in [0.1, 0.15) is 13.2 Å². The van der Waals surface area contributed by atoms with E-state index < -0.39 is 61.0 Å². The molecular weight excluding hydrogens is 948 g/mol. The van der Waals surface area contributed by atoms with Gasteiger partial charge >= 0.3 is 17.9 Å². The molecule has 3 amide bonds. The lowest BCUT2D eigenvalue weighted by molar-refractivity contribution is -0.194. The highest BCUT2D eigenvalue weighted by Gasteiger charge is 2.23. The molecule has 0 saturated carbocycles. The summed E-state index contributed by atoms with van der Waals surface area (Å²) in [5.41, 5.74) is 0. The van der Waals surface area contributed by atoms with E-state index in [0.717, 1.165) is 11.3 Å². The second-order valence-corrected chi connectivity index (χ2v) is 15.0. The zero-order valence-electron chi connectivity index (χ0n) is 42.9. The number of hydrogen-bond donors (Lipinski definition) is 8. The van der Waals surface area contributed by atoms with Gasteiger partial charge in [-0.15, -0.1) is 0 Å². The maximum atomic E-state index is 11.7. The van der Waals surface area contributed by atoms with Crippen molar-refractivity contribution in [1.29, 1.82) is 0 Å². The van der Waals surface area contributed by atoms with E-state index in [4.69, 9.17) is 83.1 Å². The highest BCUT2D eigenvalue weighted by atomic mass is 16.7. The second-order valence-electron chi connectivity index (χ2n) is 15.0. The number of carboxylic acids is 1. The van der Waals surface area contributed by atoms with Crippen molar-refractivity contribution in [3.05, 3.63) is 12.2 Å². The molecule has 1 rings (SSSR count). The van der Waals surface area contributed by atoms with E-state index in [9.17, 15) is 28.8 Å². The Labute approximate surface area is 417 Å². The van der Waals surface area contributed by atoms with E-state index in [1.165, 1.54) is 33.5 Å². The average molecular weight is 1040 g/mol. The first-order chi connectivity index (χ1) is 34.0. The molecule has 8 atom stereocenters. The number of rotatable bonds is 39. The maximum absolute atomic E-state index is 11.7. The topological polar surface area (TPSA) is 352 Å². The summed E-state index contributed by atoms with van der Waals surface area (Å²) in [4.78, 5) is 68.8. The maximum Gasteiger partial charge on any atom is 0.305 e. The number of carbonyl (C=O) groups is 6. The quantitative estimate of drug-likeness (QED) is 0.0233. The Morgan fingerprint density at radius 2 is 0.930 bits per heavy atom. The van der Waals surface area contributed by atoms with Crippen molar-refractivity contribution in [3.8, 4) is 0 Å². The minimum Gasteiger partial charge on any atom is -0.481 e. The molecule has 1 aliphatic rings. The van der Waals surface area contributed by atoms with Crippen LogP contribution < -0.4 is 5.32 Å². The summed E-state index contributed by atoms with van der Waals surface area (Å²) >= 11 is 0. The number of carboxylic acid groups (broad SMARTS) is 1. The summed E-state index contributed by atoms with van der Waals surface area (Å²) in [7, 11) is 4.27. The average Bonchev–Trinajstić information content (AvgIpc) is 3.70. The number of nitrogens with zero attached hydrogens (tertiary/aromatic N) is 1. The van der Waals surface area contributed by atoms with Gasteiger partial charge in [0.15, 0.2) is 25.2 Å². The van der Waals surface area contributed by atoms with Crippen molar-refractivity contribution >= 4 is 35.6 Å². The van der Waals surface area contributed by atoms with Crippen LogP contribution in [0.4, 0.5) is 0 Å². The number of aliphatic hydroxyl groups excluding tert-OH is 6. The number of methoxy groups -OCH3 is 3. The predicted octanol–water partition coefficient (Wildman–Crippen LogP) is 0.303. The summed E-state index contributed by atoms with van der Waals surface area (Å²) in [6.07, 6.45) is 2.57. The molecule has 0 radical (unpaired) electrons. The van der Waals surface area contributed by atoms with Crippen LogP contribution >= 0.6 is 0 Å². The Balaban J connectivity index is -0.000000932. The van der Waals surface area contributed by atoms with Gasteiger partial charge in [-0.1, -0.05) is 34.6 Å². The van der Waals surface area contributed by atoms with Gasteiger partial charge in [0.2, 0.25) is 5.91 Å². The Hall–Kier alpha value is -3.80. The van der Waals surface area contributed by atoms with Crippen LogP contribution in [0, 0.1) is 0 Å². The Kier molecular flexibility index (Phi) is 48.8. The summed E-state index contributed by atoms with van der Waals surface area (Å²) in [5.74, 6) is -3.01. The predicted molar refractivity (Wildman–Crippen MR) is 252 cm³/mol. The minimum absolute atomic E-state index is 0.0392. The molecule has 0 aromatic carbocycles. The van der Waals surface area contributed by atoms with Crippen molar-refractivity contribution < 1.29 is 112 Å². The number of hydrogen-bond acceptors (Lipinski definition) is 22. The van der Waals surface area contributed by atoms with E-state index in [1.54, 1.807) is 0 Å². The molecule has 8 unspecified atom stereocenters. The van der Waals surface area contributed by atoms with Crippen LogP contribution in [-0.4, -0.2) is 220 Å². The lowest BCUT2D eigenvalue weighted by Crippen LogP contribution is -2.38. The number of esters is 2. The van der Waals surface area contributed by atoms with E-state index in [0.29, 0.717) is 38.7 Å². The molecule has 0 saturated heterocycles. The highest BCUT2D eigenvalue weighted by Crippen LogP contribution is 2.09. The van der Waals surface area contributed by atoms with Crippen molar-refractivity contribution in [2.24, 2.45) is 0 Å². The van der Waals surface area contributed by atoms with Crippen LogP contribution in [0.3, 0.4) is 0 Å². The summed E-state index contributed by atoms with van der Waals surface area (Å²) < 4.78 is 51.1. The minimum atomic E-state index is -0.945. The Morgan fingerprint density at radius 1 is 0.549 bits per heavy atom.